The number of benzene rings is 2. The molecule has 0 aliphatic heterocycles. The molecule has 3 aromatic rings. The third-order valence-corrected chi connectivity index (χ3v) is 5.82. The monoisotopic (exact) mass is 428 g/mol. The van der Waals surface area contributed by atoms with Crippen molar-refractivity contribution in [1.29, 1.82) is 0 Å². The Hall–Kier alpha value is -3.60. The Balaban J connectivity index is 1.45. The molecule has 0 saturated heterocycles. The van der Waals surface area contributed by atoms with Crippen molar-refractivity contribution in [2.24, 2.45) is 5.92 Å². The van der Waals surface area contributed by atoms with E-state index in [1.54, 1.807) is 22.1 Å². The van der Waals surface area contributed by atoms with E-state index in [1.165, 1.54) is 5.56 Å². The molecule has 32 heavy (non-hydrogen) atoms. The third kappa shape index (κ3) is 5.35. The van der Waals surface area contributed by atoms with Gasteiger partial charge in [0.15, 0.2) is 0 Å². The van der Waals surface area contributed by atoms with Crippen LogP contribution in [0, 0.1) is 5.92 Å². The van der Waals surface area contributed by atoms with Gasteiger partial charge < -0.3 is 14.2 Å². The van der Waals surface area contributed by atoms with Gasteiger partial charge in [0.2, 0.25) is 11.8 Å². The largest absolute Gasteiger partial charge is 0.467 e. The number of hydrogen-bond donors (Lipinski definition) is 0. The molecule has 2 aromatic carbocycles. The van der Waals surface area contributed by atoms with Gasteiger partial charge in [-0.15, -0.1) is 6.58 Å². The first-order valence-electron chi connectivity index (χ1n) is 10.9. The highest BCUT2D eigenvalue weighted by atomic mass is 16.3. The van der Waals surface area contributed by atoms with Crippen LogP contribution in [0.4, 0.5) is 0 Å². The van der Waals surface area contributed by atoms with E-state index >= 15 is 0 Å². The molecule has 1 fully saturated rings. The summed E-state index contributed by atoms with van der Waals surface area (Å²) in [6.45, 7) is 4.97. The van der Waals surface area contributed by atoms with Gasteiger partial charge >= 0.3 is 0 Å². The maximum atomic E-state index is 13.3. The first kappa shape index (κ1) is 21.6. The molecule has 5 heteroatoms. The van der Waals surface area contributed by atoms with Crippen LogP contribution in [0.25, 0.3) is 0 Å². The first-order valence-corrected chi connectivity index (χ1v) is 10.9. The van der Waals surface area contributed by atoms with Crippen LogP contribution in [-0.2, 0) is 22.7 Å². The number of hydrogen-bond acceptors (Lipinski definition) is 3. The predicted octanol–water partition coefficient (Wildman–Crippen LogP) is 4.63. The summed E-state index contributed by atoms with van der Waals surface area (Å²) in [5.74, 6) is 0.775. The second-order valence-electron chi connectivity index (χ2n) is 8.18. The van der Waals surface area contributed by atoms with E-state index < -0.39 is 0 Å². The standard InChI is InChI=1S/C27H28N2O3/c1-2-15-28(27(31)25-17-24(25)22-12-7-4-8-13-22)20-26(30)29(19-23-14-9-16-32-23)18-21-10-5-3-6-11-21/h2-14,16,24-25H,1,15,17-20H2. The smallest absolute Gasteiger partial charge is 0.242 e. The molecule has 1 heterocycles. The zero-order valence-corrected chi connectivity index (χ0v) is 18.1. The van der Waals surface area contributed by atoms with Gasteiger partial charge in [-0.2, -0.15) is 0 Å². The summed E-state index contributed by atoms with van der Waals surface area (Å²) in [4.78, 5) is 29.9. The lowest BCUT2D eigenvalue weighted by Gasteiger charge is -2.27. The van der Waals surface area contributed by atoms with Crippen LogP contribution in [0.3, 0.4) is 0 Å². The lowest BCUT2D eigenvalue weighted by molar-refractivity contribution is -0.141. The molecule has 2 amide bonds. The minimum Gasteiger partial charge on any atom is -0.467 e. The van der Waals surface area contributed by atoms with Crippen molar-refractivity contribution >= 4 is 11.8 Å². The van der Waals surface area contributed by atoms with Gasteiger partial charge in [0.1, 0.15) is 12.3 Å². The minimum absolute atomic E-state index is 0.0183. The zero-order valence-electron chi connectivity index (χ0n) is 18.1. The van der Waals surface area contributed by atoms with Gasteiger partial charge in [0.05, 0.1) is 12.8 Å². The van der Waals surface area contributed by atoms with Crippen LogP contribution < -0.4 is 0 Å². The van der Waals surface area contributed by atoms with Crippen LogP contribution in [0.5, 0.6) is 0 Å². The maximum Gasteiger partial charge on any atom is 0.242 e. The first-order chi connectivity index (χ1) is 15.7. The molecule has 2 atom stereocenters. The van der Waals surface area contributed by atoms with Gasteiger partial charge in [-0.1, -0.05) is 66.7 Å². The molecule has 1 aliphatic carbocycles. The predicted molar refractivity (Wildman–Crippen MR) is 123 cm³/mol. The summed E-state index contributed by atoms with van der Waals surface area (Å²) in [7, 11) is 0. The lowest BCUT2D eigenvalue weighted by atomic mass is 10.1. The molecule has 0 spiro atoms. The van der Waals surface area contributed by atoms with E-state index in [4.69, 9.17) is 4.42 Å². The Kier molecular flexibility index (Phi) is 6.85. The molecule has 0 bridgehead atoms. The van der Waals surface area contributed by atoms with Gasteiger partial charge in [0, 0.05) is 19.0 Å². The number of carbonyl (C=O) groups is 2. The Morgan fingerprint density at radius 1 is 0.938 bits per heavy atom. The van der Waals surface area contributed by atoms with Crippen LogP contribution in [0.15, 0.2) is 96.1 Å². The summed E-state index contributed by atoms with van der Waals surface area (Å²) < 4.78 is 5.47. The average molecular weight is 429 g/mol. The molecule has 2 unspecified atom stereocenters. The molecule has 1 aliphatic rings. The van der Waals surface area contributed by atoms with Crippen LogP contribution in [-0.4, -0.2) is 34.7 Å². The molecular formula is C27H28N2O3. The van der Waals surface area contributed by atoms with E-state index in [2.05, 4.69) is 18.7 Å². The molecule has 164 valence electrons. The molecule has 4 rings (SSSR count). The Morgan fingerprint density at radius 2 is 1.66 bits per heavy atom. The summed E-state index contributed by atoms with van der Waals surface area (Å²) in [5, 5.41) is 0. The highest BCUT2D eigenvalue weighted by molar-refractivity contribution is 5.88. The fourth-order valence-corrected chi connectivity index (χ4v) is 4.05. The zero-order chi connectivity index (χ0) is 22.3. The second-order valence-corrected chi connectivity index (χ2v) is 8.18. The topological polar surface area (TPSA) is 53.8 Å². The van der Waals surface area contributed by atoms with E-state index in [-0.39, 0.29) is 30.2 Å². The van der Waals surface area contributed by atoms with Crippen molar-refractivity contribution < 1.29 is 14.0 Å². The maximum absolute atomic E-state index is 13.3. The van der Waals surface area contributed by atoms with Crippen molar-refractivity contribution in [2.45, 2.75) is 25.4 Å². The van der Waals surface area contributed by atoms with E-state index in [9.17, 15) is 9.59 Å². The van der Waals surface area contributed by atoms with Crippen molar-refractivity contribution in [1.82, 2.24) is 9.80 Å². The van der Waals surface area contributed by atoms with Crippen LogP contribution in [0.1, 0.15) is 29.2 Å². The van der Waals surface area contributed by atoms with Gasteiger partial charge in [-0.05, 0) is 35.6 Å². The summed E-state index contributed by atoms with van der Waals surface area (Å²) >= 11 is 0. The molecule has 0 N–H and O–H groups in total. The van der Waals surface area contributed by atoms with E-state index in [0.717, 1.165) is 12.0 Å². The second kappa shape index (κ2) is 10.1. The van der Waals surface area contributed by atoms with Crippen LogP contribution >= 0.6 is 0 Å². The van der Waals surface area contributed by atoms with Crippen LogP contribution in [0.2, 0.25) is 0 Å². The Morgan fingerprint density at radius 3 is 2.31 bits per heavy atom. The SMILES string of the molecule is C=CCN(CC(=O)N(Cc1ccccc1)Cc1ccco1)C(=O)C1CC1c1ccccc1. The number of carbonyl (C=O) groups excluding carboxylic acids is 2. The fraction of sp³-hybridized carbons (Fsp3) is 0.259. The molecule has 5 nitrogen and oxygen atoms in total. The molecule has 1 saturated carbocycles. The van der Waals surface area contributed by atoms with Gasteiger partial charge in [-0.3, -0.25) is 9.59 Å². The molecule has 0 radical (unpaired) electrons. The van der Waals surface area contributed by atoms with Crippen molar-refractivity contribution in [3.63, 3.8) is 0 Å². The average Bonchev–Trinajstić information content (AvgIpc) is 3.46. The quantitative estimate of drug-likeness (QED) is 0.443. The number of amides is 2. The number of nitrogens with zero attached hydrogens (tertiary/aromatic N) is 2. The highest BCUT2D eigenvalue weighted by Gasteiger charge is 2.45. The number of furan rings is 1. The number of rotatable bonds is 10. The summed E-state index contributed by atoms with van der Waals surface area (Å²) in [5.41, 5.74) is 2.21. The Labute approximate surface area is 189 Å². The highest BCUT2D eigenvalue weighted by Crippen LogP contribution is 2.48. The molecule has 1 aromatic heterocycles. The van der Waals surface area contributed by atoms with Gasteiger partial charge in [0.25, 0.3) is 0 Å². The van der Waals surface area contributed by atoms with Crippen molar-refractivity contribution in [3.05, 3.63) is 109 Å². The van der Waals surface area contributed by atoms with E-state index in [0.29, 0.717) is 25.4 Å². The van der Waals surface area contributed by atoms with E-state index in [1.807, 2.05) is 60.7 Å². The van der Waals surface area contributed by atoms with Crippen molar-refractivity contribution in [3.8, 4) is 0 Å². The van der Waals surface area contributed by atoms with Gasteiger partial charge in [-0.25, -0.2) is 0 Å². The third-order valence-electron chi connectivity index (χ3n) is 5.82. The summed E-state index contributed by atoms with van der Waals surface area (Å²) in [6.07, 6.45) is 4.11. The van der Waals surface area contributed by atoms with Crippen molar-refractivity contribution in [2.75, 3.05) is 13.1 Å². The lowest BCUT2D eigenvalue weighted by Crippen LogP contribution is -2.43. The normalized spacial score (nSPS) is 16.9. The fourth-order valence-electron chi connectivity index (χ4n) is 4.05. The summed E-state index contributed by atoms with van der Waals surface area (Å²) in [6, 6.07) is 23.6. The Bertz CT molecular complexity index is 1030. The molecular weight excluding hydrogens is 400 g/mol. The minimum atomic E-state index is -0.114.